The van der Waals surface area contributed by atoms with Gasteiger partial charge in [-0.05, 0) is 25.0 Å². The fraction of sp³-hybridized carbons (Fsp3) is 0.500. The molecule has 1 aliphatic rings. The number of hydrogen-bond acceptors (Lipinski definition) is 4. The zero-order valence-corrected chi connectivity index (χ0v) is 9.44. The van der Waals surface area contributed by atoms with Crippen LogP contribution in [-0.2, 0) is 4.74 Å². The molecular formula is C12H17NO3. The summed E-state index contributed by atoms with van der Waals surface area (Å²) in [7, 11) is 1.62. The fourth-order valence-electron chi connectivity index (χ4n) is 1.76. The second-order valence-corrected chi connectivity index (χ2v) is 3.86. The molecule has 2 rings (SSSR count). The molecule has 1 heterocycles. The maximum absolute atomic E-state index is 5.70. The fourth-order valence-corrected chi connectivity index (χ4v) is 1.76. The van der Waals surface area contributed by atoms with Gasteiger partial charge in [0.05, 0.1) is 13.2 Å². The number of hydrogen-bond donors (Lipinski definition) is 1. The first-order valence-electron chi connectivity index (χ1n) is 5.47. The predicted octanol–water partition coefficient (Wildman–Crippen LogP) is 1.84. The minimum Gasteiger partial charge on any atom is -0.493 e. The molecule has 1 aliphatic heterocycles. The summed E-state index contributed by atoms with van der Waals surface area (Å²) in [5, 5.41) is 0. The van der Waals surface area contributed by atoms with Gasteiger partial charge in [-0.2, -0.15) is 0 Å². The normalized spacial score (nSPS) is 19.7. The topological polar surface area (TPSA) is 53.7 Å². The largest absolute Gasteiger partial charge is 0.493 e. The summed E-state index contributed by atoms with van der Waals surface area (Å²) in [5.74, 6) is 1.38. The van der Waals surface area contributed by atoms with E-state index in [1.165, 1.54) is 0 Å². The Morgan fingerprint density at radius 2 is 2.31 bits per heavy atom. The van der Waals surface area contributed by atoms with E-state index in [1.807, 2.05) is 0 Å². The van der Waals surface area contributed by atoms with E-state index in [-0.39, 0.29) is 6.10 Å². The van der Waals surface area contributed by atoms with Crippen molar-refractivity contribution in [2.75, 3.05) is 26.1 Å². The molecule has 16 heavy (non-hydrogen) atoms. The number of rotatable bonds is 4. The Kier molecular flexibility index (Phi) is 3.51. The van der Waals surface area contributed by atoms with Crippen molar-refractivity contribution in [3.8, 4) is 11.5 Å². The van der Waals surface area contributed by atoms with E-state index >= 15 is 0 Å². The molecule has 0 saturated carbocycles. The summed E-state index contributed by atoms with van der Waals surface area (Å²) in [6, 6.07) is 5.37. The highest BCUT2D eigenvalue weighted by Crippen LogP contribution is 2.29. The van der Waals surface area contributed by atoms with Crippen molar-refractivity contribution in [3.05, 3.63) is 18.2 Å². The lowest BCUT2D eigenvalue weighted by atomic mass is 10.2. The van der Waals surface area contributed by atoms with Gasteiger partial charge < -0.3 is 19.9 Å². The summed E-state index contributed by atoms with van der Waals surface area (Å²) in [6.45, 7) is 1.39. The lowest BCUT2D eigenvalue weighted by Crippen LogP contribution is -2.16. The maximum Gasteiger partial charge on any atom is 0.163 e. The Morgan fingerprint density at radius 1 is 1.44 bits per heavy atom. The van der Waals surface area contributed by atoms with E-state index < -0.39 is 0 Å². The monoisotopic (exact) mass is 223 g/mol. The summed E-state index contributed by atoms with van der Waals surface area (Å²) < 4.78 is 16.3. The summed E-state index contributed by atoms with van der Waals surface area (Å²) >= 11 is 0. The Bertz CT molecular complexity index is 348. The van der Waals surface area contributed by atoms with Crippen molar-refractivity contribution in [1.29, 1.82) is 0 Å². The highest BCUT2D eigenvalue weighted by Gasteiger charge is 2.17. The minimum absolute atomic E-state index is 0.200. The average molecular weight is 223 g/mol. The molecule has 1 aromatic rings. The van der Waals surface area contributed by atoms with Crippen LogP contribution in [0.5, 0.6) is 11.5 Å². The third-order valence-electron chi connectivity index (χ3n) is 2.64. The van der Waals surface area contributed by atoms with E-state index in [9.17, 15) is 0 Å². The van der Waals surface area contributed by atoms with Gasteiger partial charge in [0.15, 0.2) is 11.5 Å². The van der Waals surface area contributed by atoms with Gasteiger partial charge in [-0.1, -0.05) is 0 Å². The van der Waals surface area contributed by atoms with Crippen molar-refractivity contribution in [2.24, 2.45) is 0 Å². The second kappa shape index (κ2) is 5.07. The van der Waals surface area contributed by atoms with Crippen LogP contribution in [0.15, 0.2) is 18.2 Å². The smallest absolute Gasteiger partial charge is 0.163 e. The molecule has 0 aliphatic carbocycles. The van der Waals surface area contributed by atoms with Gasteiger partial charge in [0.1, 0.15) is 6.61 Å². The van der Waals surface area contributed by atoms with Gasteiger partial charge in [-0.15, -0.1) is 0 Å². The van der Waals surface area contributed by atoms with E-state index in [1.54, 1.807) is 25.3 Å². The molecule has 0 spiro atoms. The van der Waals surface area contributed by atoms with Crippen molar-refractivity contribution in [3.63, 3.8) is 0 Å². The molecule has 0 amide bonds. The highest BCUT2D eigenvalue weighted by molar-refractivity contribution is 5.51. The first-order chi connectivity index (χ1) is 7.79. The molecule has 1 atom stereocenters. The molecule has 1 saturated heterocycles. The van der Waals surface area contributed by atoms with Crippen LogP contribution in [0.4, 0.5) is 5.69 Å². The number of methoxy groups -OCH3 is 1. The Hall–Kier alpha value is -1.42. The van der Waals surface area contributed by atoms with E-state index in [2.05, 4.69) is 0 Å². The maximum atomic E-state index is 5.70. The first kappa shape index (κ1) is 11.1. The molecule has 0 aromatic heterocycles. The average Bonchev–Trinajstić information content (AvgIpc) is 2.79. The van der Waals surface area contributed by atoms with Gasteiger partial charge in [0.2, 0.25) is 0 Å². The molecule has 2 N–H and O–H groups in total. The molecular weight excluding hydrogens is 206 g/mol. The van der Waals surface area contributed by atoms with Crippen LogP contribution in [0.25, 0.3) is 0 Å². The third-order valence-corrected chi connectivity index (χ3v) is 2.64. The summed E-state index contributed by atoms with van der Waals surface area (Å²) in [6.07, 6.45) is 2.37. The quantitative estimate of drug-likeness (QED) is 0.791. The lowest BCUT2D eigenvalue weighted by Gasteiger charge is -2.14. The number of benzene rings is 1. The van der Waals surface area contributed by atoms with E-state index in [0.29, 0.717) is 23.8 Å². The van der Waals surface area contributed by atoms with Crippen molar-refractivity contribution < 1.29 is 14.2 Å². The Labute approximate surface area is 95.3 Å². The number of nitrogen functional groups attached to an aromatic ring is 1. The van der Waals surface area contributed by atoms with Crippen LogP contribution >= 0.6 is 0 Å². The number of nitrogens with two attached hydrogens (primary N) is 1. The van der Waals surface area contributed by atoms with Crippen molar-refractivity contribution in [2.45, 2.75) is 18.9 Å². The number of anilines is 1. The SMILES string of the molecule is COc1ccc(N)cc1OC[C@@H]1CCCO1. The predicted molar refractivity (Wildman–Crippen MR) is 61.9 cm³/mol. The molecule has 88 valence electrons. The van der Waals surface area contributed by atoms with Crippen LogP contribution in [0, 0.1) is 0 Å². The molecule has 1 aromatic carbocycles. The standard InChI is InChI=1S/C12H17NO3/c1-14-11-5-4-9(13)7-12(11)16-8-10-3-2-6-15-10/h4-5,7,10H,2-3,6,8,13H2,1H3/t10-/m0/s1. The van der Waals surface area contributed by atoms with Crippen LogP contribution in [-0.4, -0.2) is 26.4 Å². The molecule has 0 radical (unpaired) electrons. The molecule has 0 unspecified atom stereocenters. The van der Waals surface area contributed by atoms with Gasteiger partial charge in [-0.25, -0.2) is 0 Å². The lowest BCUT2D eigenvalue weighted by molar-refractivity contribution is 0.0670. The number of ether oxygens (including phenoxy) is 3. The van der Waals surface area contributed by atoms with Gasteiger partial charge in [-0.3, -0.25) is 0 Å². The zero-order chi connectivity index (χ0) is 11.4. The molecule has 1 fully saturated rings. The van der Waals surface area contributed by atoms with Crippen LogP contribution < -0.4 is 15.2 Å². The Morgan fingerprint density at radius 3 is 3.00 bits per heavy atom. The van der Waals surface area contributed by atoms with Gasteiger partial charge >= 0.3 is 0 Å². The third kappa shape index (κ3) is 2.58. The summed E-state index contributed by atoms with van der Waals surface area (Å²) in [4.78, 5) is 0. The van der Waals surface area contributed by atoms with Gasteiger partial charge in [0, 0.05) is 18.4 Å². The summed E-state index contributed by atoms with van der Waals surface area (Å²) in [5.41, 5.74) is 6.37. The molecule has 4 heteroatoms. The van der Waals surface area contributed by atoms with Crippen molar-refractivity contribution in [1.82, 2.24) is 0 Å². The van der Waals surface area contributed by atoms with Crippen LogP contribution in [0.2, 0.25) is 0 Å². The first-order valence-corrected chi connectivity index (χ1v) is 5.47. The molecule has 0 bridgehead atoms. The van der Waals surface area contributed by atoms with Gasteiger partial charge in [0.25, 0.3) is 0 Å². The van der Waals surface area contributed by atoms with Crippen molar-refractivity contribution >= 4 is 5.69 Å². The second-order valence-electron chi connectivity index (χ2n) is 3.86. The minimum atomic E-state index is 0.200. The van der Waals surface area contributed by atoms with Crippen LogP contribution in [0.3, 0.4) is 0 Å². The zero-order valence-electron chi connectivity index (χ0n) is 9.44. The van der Waals surface area contributed by atoms with E-state index in [4.69, 9.17) is 19.9 Å². The van der Waals surface area contributed by atoms with Crippen LogP contribution in [0.1, 0.15) is 12.8 Å². The Balaban J connectivity index is 1.98. The molecule has 4 nitrogen and oxygen atoms in total. The van der Waals surface area contributed by atoms with E-state index in [0.717, 1.165) is 19.4 Å². The highest BCUT2D eigenvalue weighted by atomic mass is 16.5.